The number of rotatable bonds is 12. The molecule has 8 heteroatoms. The van der Waals surface area contributed by atoms with Gasteiger partial charge in [-0.2, -0.15) is 0 Å². The van der Waals surface area contributed by atoms with Crippen LogP contribution in [0.3, 0.4) is 0 Å². The molecule has 182 valence electrons. The first-order chi connectivity index (χ1) is 16.4. The van der Waals surface area contributed by atoms with Crippen LogP contribution in [0.1, 0.15) is 38.7 Å². The third-order valence-corrected chi connectivity index (χ3v) is 6.10. The van der Waals surface area contributed by atoms with Crippen LogP contribution in [-0.2, 0) is 24.5 Å². The largest absolute Gasteiger partial charge is 0.492 e. The smallest absolute Gasteiger partial charge is 0.240 e. The van der Waals surface area contributed by atoms with Crippen LogP contribution in [0.15, 0.2) is 54.9 Å². The molecule has 1 aliphatic rings. The second kappa shape index (κ2) is 11.7. The van der Waals surface area contributed by atoms with Crippen molar-refractivity contribution in [3.63, 3.8) is 0 Å². The highest BCUT2D eigenvalue weighted by atomic mass is 16.5. The Morgan fingerprint density at radius 2 is 1.91 bits per heavy atom. The van der Waals surface area contributed by atoms with E-state index in [2.05, 4.69) is 4.98 Å². The summed E-state index contributed by atoms with van der Waals surface area (Å²) in [7, 11) is 1.59. The average Bonchev–Trinajstić information content (AvgIpc) is 3.07. The number of nitrogens with zero attached hydrogens (tertiary/aromatic N) is 3. The van der Waals surface area contributed by atoms with Gasteiger partial charge < -0.3 is 14.4 Å². The molecule has 1 aromatic heterocycles. The number of carbonyl (C=O) groups is 3. The number of carbonyl (C=O) groups excluding carboxylic acids is 3. The molecule has 0 N–H and O–H groups in total. The van der Waals surface area contributed by atoms with Crippen LogP contribution in [0.25, 0.3) is 0 Å². The molecule has 0 bridgehead atoms. The van der Waals surface area contributed by atoms with Gasteiger partial charge in [-0.15, -0.1) is 0 Å². The number of amides is 3. The van der Waals surface area contributed by atoms with E-state index in [0.29, 0.717) is 37.5 Å². The molecule has 0 aliphatic carbocycles. The molecule has 3 amide bonds. The Labute approximate surface area is 200 Å². The van der Waals surface area contributed by atoms with Gasteiger partial charge in [-0.3, -0.25) is 24.3 Å². The molecule has 0 radical (unpaired) electrons. The lowest BCUT2D eigenvalue weighted by molar-refractivity contribution is -0.143. The maximum absolute atomic E-state index is 13.7. The predicted octanol–water partition coefficient (Wildman–Crippen LogP) is 2.82. The van der Waals surface area contributed by atoms with Gasteiger partial charge in [0.2, 0.25) is 17.7 Å². The van der Waals surface area contributed by atoms with Crippen LogP contribution in [-0.4, -0.2) is 72.0 Å². The first-order valence-corrected chi connectivity index (χ1v) is 11.6. The Hall–Kier alpha value is -3.26. The lowest BCUT2D eigenvalue weighted by atomic mass is 9.75. The van der Waals surface area contributed by atoms with Crippen LogP contribution >= 0.6 is 0 Å². The predicted molar refractivity (Wildman–Crippen MR) is 127 cm³/mol. The maximum Gasteiger partial charge on any atom is 0.240 e. The van der Waals surface area contributed by atoms with Crippen LogP contribution in [0.4, 0.5) is 0 Å². The minimum atomic E-state index is -1.21. The van der Waals surface area contributed by atoms with Crippen molar-refractivity contribution in [1.82, 2.24) is 14.8 Å². The van der Waals surface area contributed by atoms with E-state index in [1.54, 1.807) is 36.5 Å². The van der Waals surface area contributed by atoms with Gasteiger partial charge >= 0.3 is 0 Å². The summed E-state index contributed by atoms with van der Waals surface area (Å²) >= 11 is 0. The van der Waals surface area contributed by atoms with E-state index >= 15 is 0 Å². The van der Waals surface area contributed by atoms with Crippen molar-refractivity contribution in [3.05, 3.63) is 60.4 Å². The molecule has 2 aromatic rings. The summed E-state index contributed by atoms with van der Waals surface area (Å²) in [6.45, 7) is 5.27. The highest BCUT2D eigenvalue weighted by Gasteiger charge is 2.53. The molecule has 1 atom stereocenters. The zero-order valence-corrected chi connectivity index (χ0v) is 20.1. The van der Waals surface area contributed by atoms with Crippen LogP contribution in [0.5, 0.6) is 5.75 Å². The minimum Gasteiger partial charge on any atom is -0.492 e. The Balaban J connectivity index is 1.76. The summed E-state index contributed by atoms with van der Waals surface area (Å²) in [5.41, 5.74) is -0.522. The number of methoxy groups -OCH3 is 1. The van der Waals surface area contributed by atoms with Crippen molar-refractivity contribution in [1.29, 1.82) is 0 Å². The summed E-state index contributed by atoms with van der Waals surface area (Å²) in [4.78, 5) is 47.1. The van der Waals surface area contributed by atoms with Crippen molar-refractivity contribution >= 4 is 17.7 Å². The van der Waals surface area contributed by atoms with Gasteiger partial charge in [0, 0.05) is 45.3 Å². The number of ether oxygens (including phenoxy) is 2. The molecule has 8 nitrogen and oxygen atoms in total. The van der Waals surface area contributed by atoms with Gasteiger partial charge in [0.05, 0.1) is 24.8 Å². The number of imide groups is 1. The molecule has 1 aliphatic heterocycles. The van der Waals surface area contributed by atoms with E-state index in [-0.39, 0.29) is 43.1 Å². The Morgan fingerprint density at radius 3 is 2.56 bits per heavy atom. The normalized spacial score (nSPS) is 17.9. The number of hydrogen-bond donors (Lipinski definition) is 0. The Bertz CT molecular complexity index is 967. The minimum absolute atomic E-state index is 0.0265. The molecular formula is C26H33N3O5. The Morgan fingerprint density at radius 1 is 1.15 bits per heavy atom. The molecule has 0 spiro atoms. The molecule has 1 aromatic carbocycles. The quantitative estimate of drug-likeness (QED) is 0.352. The van der Waals surface area contributed by atoms with Crippen molar-refractivity contribution in [2.24, 2.45) is 0 Å². The Kier molecular flexibility index (Phi) is 8.76. The topological polar surface area (TPSA) is 89.0 Å². The fourth-order valence-electron chi connectivity index (χ4n) is 4.32. The van der Waals surface area contributed by atoms with Crippen LogP contribution in [0.2, 0.25) is 0 Å². The van der Waals surface area contributed by atoms with E-state index in [9.17, 15) is 14.4 Å². The summed E-state index contributed by atoms with van der Waals surface area (Å²) in [5, 5.41) is 0. The fourth-order valence-corrected chi connectivity index (χ4v) is 4.32. The van der Waals surface area contributed by atoms with Crippen molar-refractivity contribution in [3.8, 4) is 5.75 Å². The second-order valence-electron chi connectivity index (χ2n) is 8.72. The molecule has 3 rings (SSSR count). The first kappa shape index (κ1) is 25.4. The van der Waals surface area contributed by atoms with E-state index in [1.165, 1.54) is 4.90 Å². The number of benzene rings is 1. The van der Waals surface area contributed by atoms with Crippen molar-refractivity contribution in [2.75, 3.05) is 33.4 Å². The zero-order valence-electron chi connectivity index (χ0n) is 20.1. The average molecular weight is 468 g/mol. The molecule has 1 fully saturated rings. The van der Waals surface area contributed by atoms with Crippen LogP contribution < -0.4 is 4.74 Å². The molecule has 2 heterocycles. The first-order valence-electron chi connectivity index (χ1n) is 11.6. The van der Waals surface area contributed by atoms with E-state index in [4.69, 9.17) is 9.47 Å². The zero-order chi connectivity index (χ0) is 24.6. The number of aromatic nitrogens is 1. The van der Waals surface area contributed by atoms with Gasteiger partial charge in [-0.05, 0) is 38.0 Å². The third kappa shape index (κ3) is 5.80. The van der Waals surface area contributed by atoms with E-state index in [0.717, 1.165) is 0 Å². The molecule has 0 saturated carbocycles. The lowest BCUT2D eigenvalue weighted by Gasteiger charge is -2.32. The highest BCUT2D eigenvalue weighted by Crippen LogP contribution is 2.40. The summed E-state index contributed by atoms with van der Waals surface area (Å²) in [5.74, 6) is -0.126. The van der Waals surface area contributed by atoms with E-state index in [1.807, 2.05) is 44.2 Å². The van der Waals surface area contributed by atoms with Crippen molar-refractivity contribution in [2.45, 2.75) is 44.6 Å². The molecule has 0 unspecified atom stereocenters. The van der Waals surface area contributed by atoms with Gasteiger partial charge in [-0.1, -0.05) is 30.3 Å². The highest BCUT2D eigenvalue weighted by molar-refractivity contribution is 6.10. The van der Waals surface area contributed by atoms with Gasteiger partial charge in [0.1, 0.15) is 5.75 Å². The molecule has 34 heavy (non-hydrogen) atoms. The van der Waals surface area contributed by atoms with E-state index < -0.39 is 5.41 Å². The fraction of sp³-hybridized carbons (Fsp3) is 0.462. The number of pyridine rings is 1. The van der Waals surface area contributed by atoms with Gasteiger partial charge in [0.15, 0.2) is 0 Å². The van der Waals surface area contributed by atoms with Gasteiger partial charge in [-0.25, -0.2) is 0 Å². The van der Waals surface area contributed by atoms with Crippen molar-refractivity contribution < 1.29 is 23.9 Å². The van der Waals surface area contributed by atoms with Crippen LogP contribution in [0, 0.1) is 0 Å². The second-order valence-corrected chi connectivity index (χ2v) is 8.72. The third-order valence-electron chi connectivity index (χ3n) is 6.10. The number of likely N-dealkylation sites (tertiary alicyclic amines) is 1. The summed E-state index contributed by atoms with van der Waals surface area (Å²) < 4.78 is 10.8. The standard InChI is InChI=1S/C26H33N3O5/c1-20(2)28(14-16-33-3)23(30)17-26(21-9-5-4-6-10-21)18-24(31)29(25(26)32)13-8-15-34-22-11-7-12-27-19-22/h4-7,9-12,19-20H,8,13-18H2,1-3H3/t26-/m0/s1. The monoisotopic (exact) mass is 467 g/mol. The SMILES string of the molecule is COCCN(C(=O)C[C@@]1(c2ccccc2)CC(=O)N(CCCOc2cccnc2)C1=O)C(C)C. The summed E-state index contributed by atoms with van der Waals surface area (Å²) in [6, 6.07) is 12.7. The maximum atomic E-state index is 13.7. The summed E-state index contributed by atoms with van der Waals surface area (Å²) in [6.07, 6.45) is 3.67. The molecule has 1 saturated heterocycles. The molecular weight excluding hydrogens is 434 g/mol. The lowest BCUT2D eigenvalue weighted by Crippen LogP contribution is -2.46. The van der Waals surface area contributed by atoms with Gasteiger partial charge in [0.25, 0.3) is 0 Å². The number of hydrogen-bond acceptors (Lipinski definition) is 6.